The lowest BCUT2D eigenvalue weighted by Gasteiger charge is -2.12. The van der Waals surface area contributed by atoms with E-state index < -0.39 is 0 Å². The van der Waals surface area contributed by atoms with E-state index in [1.165, 1.54) is 21.8 Å². The van der Waals surface area contributed by atoms with Crippen LogP contribution in [0.25, 0.3) is 122 Å². The van der Waals surface area contributed by atoms with Gasteiger partial charge in [0.15, 0.2) is 5.65 Å². The molecule has 9 aromatic carbocycles. The lowest BCUT2D eigenvalue weighted by atomic mass is 10.0. The molecule has 0 atom stereocenters. The lowest BCUT2D eigenvalue weighted by molar-refractivity contribution is 0.985. The molecule has 298 valence electrons. The Kier molecular flexibility index (Phi) is 7.27. The molecule has 7 nitrogen and oxygen atoms in total. The molecule has 0 unspecified atom stereocenters. The molecule has 0 N–H and O–H groups in total. The Balaban J connectivity index is 1.06. The Morgan fingerprint density at radius 2 is 0.906 bits per heavy atom. The van der Waals surface area contributed by atoms with Crippen LogP contribution in [0.4, 0.5) is 0 Å². The van der Waals surface area contributed by atoms with Gasteiger partial charge in [0.25, 0.3) is 0 Å². The Labute approximate surface area is 366 Å². The van der Waals surface area contributed by atoms with Crippen molar-refractivity contribution < 1.29 is 0 Å². The van der Waals surface area contributed by atoms with E-state index in [1.807, 2.05) is 6.07 Å². The third-order valence-corrected chi connectivity index (χ3v) is 13.0. The normalized spacial score (nSPS) is 12.1. The summed E-state index contributed by atoms with van der Waals surface area (Å²) in [7, 11) is 0. The van der Waals surface area contributed by atoms with Crippen LogP contribution in [0.2, 0.25) is 0 Å². The molecule has 14 rings (SSSR count). The summed E-state index contributed by atoms with van der Waals surface area (Å²) in [5.41, 5.74) is 14.6. The van der Waals surface area contributed by atoms with E-state index in [9.17, 15) is 0 Å². The molecule has 64 heavy (non-hydrogen) atoms. The fourth-order valence-electron chi connectivity index (χ4n) is 10.1. The summed E-state index contributed by atoms with van der Waals surface area (Å²) < 4.78 is 9.11. The minimum atomic E-state index is 0.570. The predicted octanol–water partition coefficient (Wildman–Crippen LogP) is 13.9. The first-order chi connectivity index (χ1) is 31.8. The van der Waals surface area contributed by atoms with Crippen molar-refractivity contribution in [3.63, 3.8) is 0 Å². The number of hydrogen-bond acceptors (Lipinski definition) is 3. The molecular weight excluding hydrogens is 783 g/mol. The second kappa shape index (κ2) is 13.3. The largest absolute Gasteiger partial charge is 0.309 e. The standard InChI is InChI=1S/C57H35N7/c1-4-17-37(18-5-1)52-44-31-28-36-16-10-11-23-42(36)53(44)59-56(58-52)64-51-27-15-14-26-50(51)63-54-46-35-39(30-33-49(46)62(55(54)60-57(63)64)41-21-8-3-9-22-41)38-29-32-48-45(34-38)43-24-12-13-25-47(43)61(48)40-19-6-2-7-20-40/h1-35H. The maximum absolute atomic E-state index is 5.60. The minimum absolute atomic E-state index is 0.570. The number of hydrogen-bond donors (Lipinski definition) is 0. The Bertz CT molecular complexity index is 4180. The molecule has 0 aliphatic rings. The Morgan fingerprint density at radius 1 is 0.328 bits per heavy atom. The summed E-state index contributed by atoms with van der Waals surface area (Å²) in [4.78, 5) is 16.5. The van der Waals surface area contributed by atoms with E-state index in [1.54, 1.807) is 0 Å². The molecule has 5 aromatic heterocycles. The highest BCUT2D eigenvalue weighted by molar-refractivity contribution is 6.13. The van der Waals surface area contributed by atoms with E-state index in [0.29, 0.717) is 5.95 Å². The quantitative estimate of drug-likeness (QED) is 0.163. The number of benzene rings is 9. The van der Waals surface area contributed by atoms with Gasteiger partial charge in [0.05, 0.1) is 38.8 Å². The molecule has 0 aliphatic heterocycles. The number of fused-ring (bicyclic) bond motifs is 13. The van der Waals surface area contributed by atoms with Crippen LogP contribution in [0.3, 0.4) is 0 Å². The van der Waals surface area contributed by atoms with Crippen molar-refractivity contribution in [1.82, 2.24) is 33.1 Å². The van der Waals surface area contributed by atoms with E-state index >= 15 is 0 Å². The van der Waals surface area contributed by atoms with Gasteiger partial charge in [0.1, 0.15) is 5.52 Å². The van der Waals surface area contributed by atoms with Gasteiger partial charge in [-0.2, -0.15) is 4.98 Å². The van der Waals surface area contributed by atoms with Crippen molar-refractivity contribution in [2.75, 3.05) is 0 Å². The summed E-state index contributed by atoms with van der Waals surface area (Å²) >= 11 is 0. The first-order valence-corrected chi connectivity index (χ1v) is 21.6. The molecule has 14 aromatic rings. The summed E-state index contributed by atoms with van der Waals surface area (Å²) in [5, 5.41) is 6.77. The van der Waals surface area contributed by atoms with E-state index in [4.69, 9.17) is 15.0 Å². The number of para-hydroxylation sites is 5. The smallest absolute Gasteiger partial charge is 0.238 e. The summed E-state index contributed by atoms with van der Waals surface area (Å²) in [5.74, 6) is 1.32. The second-order valence-electron chi connectivity index (χ2n) is 16.5. The molecule has 7 heteroatoms. The topological polar surface area (TPSA) is 57.9 Å². The van der Waals surface area contributed by atoms with Crippen LogP contribution in [-0.2, 0) is 0 Å². The Morgan fingerprint density at radius 3 is 1.66 bits per heavy atom. The SMILES string of the molecule is c1ccc(-c2nc(-n3c4ccccc4n4c5c6cc(-c7ccc8c(c7)c7ccccc7n8-c7ccccc7)ccc6n(-c6ccccc6)c5nc34)nc3c2ccc2ccccc23)cc1. The molecule has 0 aliphatic carbocycles. The number of imidazole rings is 2. The van der Waals surface area contributed by atoms with Crippen molar-refractivity contribution in [3.05, 3.63) is 212 Å². The molecule has 0 fully saturated rings. The summed E-state index contributed by atoms with van der Waals surface area (Å²) in [6, 6.07) is 75.3. The first kappa shape index (κ1) is 34.9. The van der Waals surface area contributed by atoms with Gasteiger partial charge in [-0.25, -0.2) is 14.5 Å². The molecule has 0 radical (unpaired) electrons. The number of nitrogens with zero attached hydrogens (tertiary/aromatic N) is 7. The second-order valence-corrected chi connectivity index (χ2v) is 16.5. The first-order valence-electron chi connectivity index (χ1n) is 21.6. The highest BCUT2D eigenvalue weighted by atomic mass is 15.3. The third kappa shape index (κ3) is 4.94. The van der Waals surface area contributed by atoms with Gasteiger partial charge in [0, 0.05) is 43.9 Å². The van der Waals surface area contributed by atoms with Gasteiger partial charge < -0.3 is 4.57 Å². The molecule has 0 saturated heterocycles. The molecule has 0 amide bonds. The molecule has 0 bridgehead atoms. The zero-order valence-corrected chi connectivity index (χ0v) is 34.3. The van der Waals surface area contributed by atoms with Crippen LogP contribution in [0, 0.1) is 0 Å². The van der Waals surface area contributed by atoms with Crippen LogP contribution in [0.5, 0.6) is 0 Å². The predicted molar refractivity (Wildman–Crippen MR) is 262 cm³/mol. The number of aromatic nitrogens is 7. The van der Waals surface area contributed by atoms with Crippen LogP contribution in [-0.4, -0.2) is 33.1 Å². The summed E-state index contributed by atoms with van der Waals surface area (Å²) in [6.07, 6.45) is 0. The molecule has 0 spiro atoms. The van der Waals surface area contributed by atoms with Gasteiger partial charge in [-0.15, -0.1) is 0 Å². The molecular formula is C57H35N7. The van der Waals surface area contributed by atoms with Crippen LogP contribution < -0.4 is 0 Å². The van der Waals surface area contributed by atoms with Crippen LogP contribution in [0.15, 0.2) is 212 Å². The van der Waals surface area contributed by atoms with Crippen molar-refractivity contribution in [1.29, 1.82) is 0 Å². The maximum atomic E-state index is 5.60. The van der Waals surface area contributed by atoms with Gasteiger partial charge in [-0.1, -0.05) is 140 Å². The van der Waals surface area contributed by atoms with E-state index in [2.05, 4.69) is 224 Å². The monoisotopic (exact) mass is 817 g/mol. The fourth-order valence-corrected chi connectivity index (χ4v) is 10.1. The van der Waals surface area contributed by atoms with Crippen molar-refractivity contribution in [2.45, 2.75) is 0 Å². The van der Waals surface area contributed by atoms with Crippen molar-refractivity contribution in [3.8, 4) is 39.7 Å². The van der Waals surface area contributed by atoms with E-state index in [0.717, 1.165) is 94.3 Å². The molecule has 5 heterocycles. The average Bonchev–Trinajstić information content (AvgIpc) is 4.09. The zero-order valence-electron chi connectivity index (χ0n) is 34.3. The van der Waals surface area contributed by atoms with Crippen LogP contribution >= 0.6 is 0 Å². The maximum Gasteiger partial charge on any atom is 0.238 e. The number of rotatable bonds is 5. The fraction of sp³-hybridized carbons (Fsp3) is 0. The highest BCUT2D eigenvalue weighted by Crippen LogP contribution is 2.41. The van der Waals surface area contributed by atoms with Crippen LogP contribution in [0.1, 0.15) is 0 Å². The third-order valence-electron chi connectivity index (χ3n) is 13.0. The minimum Gasteiger partial charge on any atom is -0.309 e. The van der Waals surface area contributed by atoms with Crippen molar-refractivity contribution in [2.24, 2.45) is 0 Å². The van der Waals surface area contributed by atoms with Gasteiger partial charge in [0.2, 0.25) is 11.7 Å². The summed E-state index contributed by atoms with van der Waals surface area (Å²) in [6.45, 7) is 0. The highest BCUT2D eigenvalue weighted by Gasteiger charge is 2.26. The van der Waals surface area contributed by atoms with Gasteiger partial charge in [-0.3, -0.25) is 8.97 Å². The Hall–Kier alpha value is -8.81. The lowest BCUT2D eigenvalue weighted by Crippen LogP contribution is -2.04. The zero-order chi connectivity index (χ0) is 41.9. The van der Waals surface area contributed by atoms with Crippen molar-refractivity contribution >= 4 is 82.4 Å². The molecule has 0 saturated carbocycles. The van der Waals surface area contributed by atoms with E-state index in [-0.39, 0.29) is 0 Å². The van der Waals surface area contributed by atoms with Gasteiger partial charge >= 0.3 is 0 Å². The average molecular weight is 818 g/mol. The van der Waals surface area contributed by atoms with Gasteiger partial charge in [-0.05, 0) is 89.3 Å².